The minimum absolute atomic E-state index is 0.0997. The molecule has 9 heteroatoms. The predicted molar refractivity (Wildman–Crippen MR) is 74.8 cm³/mol. The molecular weight excluding hydrogens is 294 g/mol. The van der Waals surface area contributed by atoms with Crippen molar-refractivity contribution < 1.29 is 13.2 Å². The molecule has 0 spiro atoms. The summed E-state index contributed by atoms with van der Waals surface area (Å²) >= 11 is 0. The highest BCUT2D eigenvalue weighted by molar-refractivity contribution is 7.89. The molecule has 0 saturated carbocycles. The van der Waals surface area contributed by atoms with Crippen LogP contribution in [0.3, 0.4) is 0 Å². The number of carbonyl (C=O) groups is 1. The number of fused-ring (bicyclic) bond motifs is 1. The molecule has 3 N–H and O–H groups in total. The maximum Gasteiger partial charge on any atom is 0.317 e. The van der Waals surface area contributed by atoms with Crippen molar-refractivity contribution >= 4 is 16.1 Å². The topological polar surface area (TPSA) is 109 Å². The van der Waals surface area contributed by atoms with Crippen LogP contribution in [0.5, 0.6) is 0 Å². The van der Waals surface area contributed by atoms with Gasteiger partial charge in [0.1, 0.15) is 4.90 Å². The SMILES string of the molecule is NCc1ccc(S(=O)(=O)N2CCN3C(=O)NCC3C2)cn1. The summed E-state index contributed by atoms with van der Waals surface area (Å²) in [7, 11) is -3.58. The third kappa shape index (κ3) is 2.47. The van der Waals surface area contributed by atoms with Crippen molar-refractivity contribution in [2.24, 2.45) is 5.73 Å². The number of rotatable bonds is 3. The molecule has 21 heavy (non-hydrogen) atoms. The Morgan fingerprint density at radius 1 is 1.38 bits per heavy atom. The number of sulfonamides is 1. The van der Waals surface area contributed by atoms with Gasteiger partial charge in [-0.2, -0.15) is 4.31 Å². The monoisotopic (exact) mass is 311 g/mol. The summed E-state index contributed by atoms with van der Waals surface area (Å²) in [6, 6.07) is 2.92. The molecule has 2 fully saturated rings. The molecule has 2 aliphatic heterocycles. The Labute approximate surface area is 123 Å². The number of nitrogens with one attached hydrogen (secondary N) is 1. The molecule has 0 aromatic carbocycles. The smallest absolute Gasteiger partial charge is 0.317 e. The van der Waals surface area contributed by atoms with E-state index in [-0.39, 0.29) is 23.5 Å². The van der Waals surface area contributed by atoms with Crippen LogP contribution in [0, 0.1) is 0 Å². The van der Waals surface area contributed by atoms with Crippen molar-refractivity contribution in [3.63, 3.8) is 0 Å². The summed E-state index contributed by atoms with van der Waals surface area (Å²) in [6.07, 6.45) is 1.34. The van der Waals surface area contributed by atoms with Crippen LogP contribution in [0.4, 0.5) is 4.79 Å². The molecule has 1 aromatic rings. The fourth-order valence-corrected chi connectivity index (χ4v) is 4.04. The number of amides is 2. The Morgan fingerprint density at radius 2 is 2.19 bits per heavy atom. The second-order valence-electron chi connectivity index (χ2n) is 5.09. The van der Waals surface area contributed by atoms with E-state index in [0.29, 0.717) is 31.9 Å². The molecule has 1 atom stereocenters. The maximum atomic E-state index is 12.6. The zero-order valence-corrected chi connectivity index (χ0v) is 12.2. The van der Waals surface area contributed by atoms with Gasteiger partial charge < -0.3 is 16.0 Å². The van der Waals surface area contributed by atoms with Crippen LogP contribution in [0.15, 0.2) is 23.2 Å². The van der Waals surface area contributed by atoms with Gasteiger partial charge in [-0.05, 0) is 12.1 Å². The molecule has 1 unspecified atom stereocenters. The number of hydrogen-bond acceptors (Lipinski definition) is 5. The second kappa shape index (κ2) is 5.24. The summed E-state index contributed by atoms with van der Waals surface area (Å²) in [5.74, 6) is 0. The van der Waals surface area contributed by atoms with E-state index in [2.05, 4.69) is 10.3 Å². The van der Waals surface area contributed by atoms with E-state index in [1.54, 1.807) is 11.0 Å². The van der Waals surface area contributed by atoms with E-state index in [1.165, 1.54) is 16.6 Å². The van der Waals surface area contributed by atoms with Gasteiger partial charge in [0.2, 0.25) is 10.0 Å². The third-order valence-electron chi connectivity index (χ3n) is 3.84. The van der Waals surface area contributed by atoms with Gasteiger partial charge in [0, 0.05) is 38.9 Å². The first-order chi connectivity index (χ1) is 10.0. The first kappa shape index (κ1) is 14.2. The highest BCUT2D eigenvalue weighted by Gasteiger charge is 2.39. The molecule has 114 valence electrons. The van der Waals surface area contributed by atoms with Gasteiger partial charge in [-0.1, -0.05) is 0 Å². The van der Waals surface area contributed by atoms with Gasteiger partial charge in [0.25, 0.3) is 0 Å². The van der Waals surface area contributed by atoms with Crippen molar-refractivity contribution in [1.82, 2.24) is 19.5 Å². The highest BCUT2D eigenvalue weighted by Crippen LogP contribution is 2.21. The number of urea groups is 1. The summed E-state index contributed by atoms with van der Waals surface area (Å²) in [4.78, 5) is 17.4. The summed E-state index contributed by atoms with van der Waals surface area (Å²) < 4.78 is 26.6. The van der Waals surface area contributed by atoms with E-state index < -0.39 is 10.0 Å². The average molecular weight is 311 g/mol. The average Bonchev–Trinajstić information content (AvgIpc) is 2.88. The Morgan fingerprint density at radius 3 is 2.86 bits per heavy atom. The Balaban J connectivity index is 1.80. The van der Waals surface area contributed by atoms with Crippen LogP contribution in [0.25, 0.3) is 0 Å². The van der Waals surface area contributed by atoms with E-state index in [1.807, 2.05) is 0 Å². The van der Waals surface area contributed by atoms with E-state index in [4.69, 9.17) is 5.73 Å². The lowest BCUT2D eigenvalue weighted by molar-refractivity contribution is 0.164. The molecule has 3 heterocycles. The molecule has 2 saturated heterocycles. The van der Waals surface area contributed by atoms with Gasteiger partial charge in [-0.15, -0.1) is 0 Å². The predicted octanol–water partition coefficient (Wildman–Crippen LogP) is -1.06. The quantitative estimate of drug-likeness (QED) is 0.739. The molecule has 2 aliphatic rings. The molecule has 2 amide bonds. The summed E-state index contributed by atoms with van der Waals surface area (Å²) in [6.45, 7) is 1.76. The van der Waals surface area contributed by atoms with Gasteiger partial charge in [-0.25, -0.2) is 13.2 Å². The largest absolute Gasteiger partial charge is 0.336 e. The molecule has 0 aliphatic carbocycles. The second-order valence-corrected chi connectivity index (χ2v) is 7.02. The lowest BCUT2D eigenvalue weighted by Crippen LogP contribution is -2.53. The number of nitrogens with zero attached hydrogens (tertiary/aromatic N) is 3. The van der Waals surface area contributed by atoms with Gasteiger partial charge >= 0.3 is 6.03 Å². The lowest BCUT2D eigenvalue weighted by atomic mass is 10.2. The van der Waals surface area contributed by atoms with Crippen molar-refractivity contribution in [3.8, 4) is 0 Å². The minimum Gasteiger partial charge on any atom is -0.336 e. The van der Waals surface area contributed by atoms with Gasteiger partial charge in [0.15, 0.2) is 0 Å². The van der Waals surface area contributed by atoms with Crippen LogP contribution < -0.4 is 11.1 Å². The summed E-state index contributed by atoms with van der Waals surface area (Å²) in [5, 5.41) is 2.73. The third-order valence-corrected chi connectivity index (χ3v) is 5.69. The van der Waals surface area contributed by atoms with Crippen LogP contribution >= 0.6 is 0 Å². The molecule has 0 radical (unpaired) electrons. The number of aromatic nitrogens is 1. The number of nitrogens with two attached hydrogens (primary N) is 1. The van der Waals surface area contributed by atoms with Crippen LogP contribution in [0.1, 0.15) is 5.69 Å². The number of hydrogen-bond donors (Lipinski definition) is 2. The van der Waals surface area contributed by atoms with Crippen molar-refractivity contribution in [3.05, 3.63) is 24.0 Å². The number of pyridine rings is 1. The van der Waals surface area contributed by atoms with Crippen molar-refractivity contribution in [2.75, 3.05) is 26.2 Å². The number of piperazine rings is 1. The molecular formula is C12H17N5O3S. The molecule has 1 aromatic heterocycles. The zero-order valence-electron chi connectivity index (χ0n) is 11.4. The maximum absolute atomic E-state index is 12.6. The summed E-state index contributed by atoms with van der Waals surface area (Å²) in [5.41, 5.74) is 6.10. The Hall–Kier alpha value is -1.71. The van der Waals surface area contributed by atoms with Crippen molar-refractivity contribution in [2.45, 2.75) is 17.5 Å². The fraction of sp³-hybridized carbons (Fsp3) is 0.500. The van der Waals surface area contributed by atoms with E-state index in [9.17, 15) is 13.2 Å². The van der Waals surface area contributed by atoms with E-state index in [0.717, 1.165) is 0 Å². The normalized spacial score (nSPS) is 23.0. The molecule has 0 bridgehead atoms. The first-order valence-corrected chi connectivity index (χ1v) is 8.16. The number of carbonyl (C=O) groups excluding carboxylic acids is 1. The fourth-order valence-electron chi connectivity index (χ4n) is 2.63. The van der Waals surface area contributed by atoms with Crippen LogP contribution in [-0.2, 0) is 16.6 Å². The van der Waals surface area contributed by atoms with Crippen LogP contribution in [-0.4, -0.2) is 60.9 Å². The van der Waals surface area contributed by atoms with Gasteiger partial charge in [-0.3, -0.25) is 4.98 Å². The lowest BCUT2D eigenvalue weighted by Gasteiger charge is -2.35. The van der Waals surface area contributed by atoms with Crippen LogP contribution in [0.2, 0.25) is 0 Å². The Bertz CT molecular complexity index is 645. The molecule has 3 rings (SSSR count). The van der Waals surface area contributed by atoms with E-state index >= 15 is 0 Å². The van der Waals surface area contributed by atoms with Gasteiger partial charge in [0.05, 0.1) is 11.7 Å². The minimum atomic E-state index is -3.58. The Kier molecular flexibility index (Phi) is 3.56. The standard InChI is InChI=1S/C12H17N5O3S/c13-5-9-1-2-11(7-14-9)21(19,20)16-3-4-17-10(8-16)6-15-12(17)18/h1-2,7,10H,3-6,8,13H2,(H,15,18). The molecule has 8 nitrogen and oxygen atoms in total. The zero-order chi connectivity index (χ0) is 15.0. The van der Waals surface area contributed by atoms with Crippen molar-refractivity contribution in [1.29, 1.82) is 0 Å². The first-order valence-electron chi connectivity index (χ1n) is 6.72. The highest BCUT2D eigenvalue weighted by atomic mass is 32.2.